The van der Waals surface area contributed by atoms with E-state index in [1.54, 1.807) is 29.3 Å². The summed E-state index contributed by atoms with van der Waals surface area (Å²) in [6.07, 6.45) is -0.0776. The summed E-state index contributed by atoms with van der Waals surface area (Å²) in [5, 5.41) is 1.63. The topological polar surface area (TPSA) is 72.2 Å². The highest BCUT2D eigenvalue weighted by Crippen LogP contribution is 2.48. The number of anilines is 2. The standard InChI is InChI=1S/C30H25BrN2O5/c1-2-18-36-23-14-12-21(13-15-23)32-29(34)26-27(25-17-16-24(37-25)19-8-10-20(31)11-9-19)33(38-28(26)30(32)35)22-6-4-3-5-7-22/h3-17,26-28H,2,18H2,1H3. The van der Waals surface area contributed by atoms with E-state index < -0.39 is 24.0 Å². The Labute approximate surface area is 228 Å². The average molecular weight is 573 g/mol. The van der Waals surface area contributed by atoms with Crippen LogP contribution in [-0.2, 0) is 14.4 Å². The number of hydrogen-bond acceptors (Lipinski definition) is 6. The van der Waals surface area contributed by atoms with Gasteiger partial charge in [-0.05, 0) is 67.1 Å². The second-order valence-corrected chi connectivity index (χ2v) is 10.1. The van der Waals surface area contributed by atoms with E-state index in [9.17, 15) is 9.59 Å². The number of rotatable bonds is 7. The maximum absolute atomic E-state index is 13.8. The number of hydroxylamine groups is 1. The lowest BCUT2D eigenvalue weighted by molar-refractivity contribution is -0.126. The third-order valence-corrected chi connectivity index (χ3v) is 7.27. The van der Waals surface area contributed by atoms with Crippen molar-refractivity contribution in [3.05, 3.63) is 101 Å². The SMILES string of the molecule is CCCOc1ccc(N2C(=O)C3ON(c4ccccc4)C(c4ccc(-c5ccc(Br)cc5)o4)C3C2=O)cc1. The predicted octanol–water partition coefficient (Wildman–Crippen LogP) is 6.55. The molecule has 0 bridgehead atoms. The Morgan fingerprint density at radius 2 is 1.58 bits per heavy atom. The number of ether oxygens (including phenoxy) is 1. The molecule has 2 aliphatic rings. The predicted molar refractivity (Wildman–Crippen MR) is 147 cm³/mol. The van der Waals surface area contributed by atoms with Crippen LogP contribution in [0.2, 0.25) is 0 Å². The van der Waals surface area contributed by atoms with E-state index in [1.807, 2.05) is 73.7 Å². The van der Waals surface area contributed by atoms with Gasteiger partial charge in [0.25, 0.3) is 5.91 Å². The molecule has 1 aromatic heterocycles. The first-order valence-electron chi connectivity index (χ1n) is 12.5. The summed E-state index contributed by atoms with van der Waals surface area (Å²) in [5.41, 5.74) is 2.13. The number of halogens is 1. The normalized spacial score (nSPS) is 20.7. The molecule has 0 radical (unpaired) electrons. The van der Waals surface area contributed by atoms with Crippen LogP contribution in [0, 0.1) is 5.92 Å². The third-order valence-electron chi connectivity index (χ3n) is 6.74. The van der Waals surface area contributed by atoms with E-state index >= 15 is 0 Å². The van der Waals surface area contributed by atoms with E-state index in [0.717, 1.165) is 22.1 Å². The van der Waals surface area contributed by atoms with Crippen molar-refractivity contribution < 1.29 is 23.6 Å². The Hall–Kier alpha value is -3.88. The molecule has 3 unspecified atom stereocenters. The fourth-order valence-corrected chi connectivity index (χ4v) is 5.21. The quantitative estimate of drug-likeness (QED) is 0.234. The van der Waals surface area contributed by atoms with Crippen LogP contribution in [-0.4, -0.2) is 24.5 Å². The zero-order valence-corrected chi connectivity index (χ0v) is 22.2. The first-order valence-corrected chi connectivity index (χ1v) is 13.3. The fraction of sp³-hybridized carbons (Fsp3) is 0.200. The highest BCUT2D eigenvalue weighted by molar-refractivity contribution is 9.10. The van der Waals surface area contributed by atoms with E-state index in [4.69, 9.17) is 14.0 Å². The van der Waals surface area contributed by atoms with Gasteiger partial charge in [-0.2, -0.15) is 0 Å². The van der Waals surface area contributed by atoms with Crippen LogP contribution in [0.15, 0.2) is 99.9 Å². The molecule has 3 atom stereocenters. The van der Waals surface area contributed by atoms with Gasteiger partial charge in [0.2, 0.25) is 5.91 Å². The number of carbonyl (C=O) groups excluding carboxylic acids is 2. The number of amides is 2. The van der Waals surface area contributed by atoms with Crippen molar-refractivity contribution in [1.82, 2.24) is 0 Å². The molecule has 0 N–H and O–H groups in total. The molecule has 2 amide bonds. The molecule has 2 fully saturated rings. The van der Waals surface area contributed by atoms with Crippen LogP contribution < -0.4 is 14.7 Å². The minimum Gasteiger partial charge on any atom is -0.494 e. The van der Waals surface area contributed by atoms with Crippen molar-refractivity contribution in [1.29, 1.82) is 0 Å². The summed E-state index contributed by atoms with van der Waals surface area (Å²) in [6, 6.07) is 27.3. The molecule has 2 aliphatic heterocycles. The molecule has 3 aromatic carbocycles. The molecular formula is C30H25BrN2O5. The lowest BCUT2D eigenvalue weighted by Crippen LogP contribution is -2.37. The van der Waals surface area contributed by atoms with Gasteiger partial charge in [0.05, 0.1) is 18.0 Å². The van der Waals surface area contributed by atoms with E-state index in [2.05, 4.69) is 15.9 Å². The summed E-state index contributed by atoms with van der Waals surface area (Å²) in [6.45, 7) is 2.63. The molecule has 0 spiro atoms. The molecule has 6 rings (SSSR count). The monoisotopic (exact) mass is 572 g/mol. The van der Waals surface area contributed by atoms with Crippen molar-refractivity contribution in [2.24, 2.45) is 5.92 Å². The van der Waals surface area contributed by atoms with Crippen LogP contribution >= 0.6 is 15.9 Å². The second-order valence-electron chi connectivity index (χ2n) is 9.22. The molecule has 192 valence electrons. The lowest BCUT2D eigenvalue weighted by atomic mass is 9.94. The van der Waals surface area contributed by atoms with E-state index in [-0.39, 0.29) is 5.91 Å². The number of carbonyl (C=O) groups is 2. The Balaban J connectivity index is 1.35. The zero-order chi connectivity index (χ0) is 26.2. The largest absolute Gasteiger partial charge is 0.494 e. The third kappa shape index (κ3) is 4.29. The number of fused-ring (bicyclic) bond motifs is 1. The maximum Gasteiger partial charge on any atom is 0.266 e. The Morgan fingerprint density at radius 3 is 2.29 bits per heavy atom. The molecule has 2 saturated heterocycles. The van der Waals surface area contributed by atoms with Gasteiger partial charge in [0.15, 0.2) is 6.10 Å². The molecule has 4 aromatic rings. The lowest BCUT2D eigenvalue weighted by Gasteiger charge is -2.27. The zero-order valence-electron chi connectivity index (χ0n) is 20.6. The van der Waals surface area contributed by atoms with Gasteiger partial charge in [-0.3, -0.25) is 14.4 Å². The van der Waals surface area contributed by atoms with Crippen LogP contribution in [0.4, 0.5) is 11.4 Å². The van der Waals surface area contributed by atoms with Gasteiger partial charge in [0, 0.05) is 10.0 Å². The molecule has 3 heterocycles. The summed E-state index contributed by atoms with van der Waals surface area (Å²) >= 11 is 3.46. The van der Waals surface area contributed by atoms with E-state index in [0.29, 0.717) is 29.6 Å². The van der Waals surface area contributed by atoms with Crippen molar-refractivity contribution in [2.75, 3.05) is 16.6 Å². The molecular weight excluding hydrogens is 548 g/mol. The number of benzene rings is 3. The van der Waals surface area contributed by atoms with Gasteiger partial charge < -0.3 is 9.15 Å². The second kappa shape index (κ2) is 10.1. The van der Waals surface area contributed by atoms with Crippen LogP contribution in [0.1, 0.15) is 25.1 Å². The minimum absolute atomic E-state index is 0.327. The van der Waals surface area contributed by atoms with Gasteiger partial charge in [-0.1, -0.05) is 53.2 Å². The van der Waals surface area contributed by atoms with Crippen LogP contribution in [0.25, 0.3) is 11.3 Å². The number of para-hydroxylation sites is 1. The summed E-state index contributed by atoms with van der Waals surface area (Å²) in [5.74, 6) is 0.404. The first-order chi connectivity index (χ1) is 18.5. The van der Waals surface area contributed by atoms with Gasteiger partial charge in [0.1, 0.15) is 29.2 Å². The average Bonchev–Trinajstić information content (AvgIpc) is 3.64. The minimum atomic E-state index is -0.968. The van der Waals surface area contributed by atoms with Gasteiger partial charge in [-0.15, -0.1) is 0 Å². The molecule has 0 saturated carbocycles. The van der Waals surface area contributed by atoms with E-state index in [1.165, 1.54) is 4.90 Å². The maximum atomic E-state index is 13.8. The highest BCUT2D eigenvalue weighted by Gasteiger charge is 2.61. The first kappa shape index (κ1) is 24.5. The fourth-order valence-electron chi connectivity index (χ4n) is 4.95. The van der Waals surface area contributed by atoms with Crippen molar-refractivity contribution >= 4 is 39.1 Å². The molecule has 0 aliphatic carbocycles. The Bertz CT molecular complexity index is 1450. The summed E-state index contributed by atoms with van der Waals surface area (Å²) < 4.78 is 12.9. The molecule has 8 heteroatoms. The van der Waals surface area contributed by atoms with Crippen molar-refractivity contribution in [2.45, 2.75) is 25.5 Å². The molecule has 7 nitrogen and oxygen atoms in total. The number of imide groups is 1. The summed E-state index contributed by atoms with van der Waals surface area (Å²) in [7, 11) is 0. The van der Waals surface area contributed by atoms with Crippen LogP contribution in [0.3, 0.4) is 0 Å². The van der Waals surface area contributed by atoms with Crippen molar-refractivity contribution in [3.63, 3.8) is 0 Å². The Kier molecular flexibility index (Phi) is 6.51. The smallest absolute Gasteiger partial charge is 0.266 e. The number of nitrogens with zero attached hydrogens (tertiary/aromatic N) is 2. The van der Waals surface area contributed by atoms with Crippen molar-refractivity contribution in [3.8, 4) is 17.1 Å². The molecule has 38 heavy (non-hydrogen) atoms. The summed E-state index contributed by atoms with van der Waals surface area (Å²) in [4.78, 5) is 34.8. The van der Waals surface area contributed by atoms with Gasteiger partial charge >= 0.3 is 0 Å². The van der Waals surface area contributed by atoms with Gasteiger partial charge in [-0.25, -0.2) is 9.96 Å². The highest BCUT2D eigenvalue weighted by atomic mass is 79.9. The number of hydrogen-bond donors (Lipinski definition) is 0. The van der Waals surface area contributed by atoms with Crippen LogP contribution in [0.5, 0.6) is 5.75 Å². The number of furan rings is 1. The Morgan fingerprint density at radius 1 is 0.842 bits per heavy atom.